The van der Waals surface area contributed by atoms with Crippen molar-refractivity contribution in [1.29, 1.82) is 0 Å². The molecule has 0 saturated heterocycles. The molecule has 0 aliphatic heterocycles. The number of benzene rings is 1. The van der Waals surface area contributed by atoms with Crippen LogP contribution in [0.2, 0.25) is 0 Å². The maximum absolute atomic E-state index is 3.75. The van der Waals surface area contributed by atoms with Gasteiger partial charge in [0, 0.05) is 0 Å². The van der Waals surface area contributed by atoms with Gasteiger partial charge >= 0.3 is 0 Å². The minimum Gasteiger partial charge on any atom is -0.0985 e. The quantitative estimate of drug-likeness (QED) is 0.575. The van der Waals surface area contributed by atoms with Gasteiger partial charge in [-0.1, -0.05) is 65.5 Å². The summed E-state index contributed by atoms with van der Waals surface area (Å²) in [7, 11) is 0. The first kappa shape index (κ1) is 17.4. The monoisotopic (exact) mass is 220 g/mol. The van der Waals surface area contributed by atoms with Crippen LogP contribution in [-0.2, 0) is 0 Å². The van der Waals surface area contributed by atoms with Crippen LogP contribution in [-0.4, -0.2) is 0 Å². The van der Waals surface area contributed by atoms with E-state index in [9.17, 15) is 0 Å². The molecule has 0 saturated carbocycles. The van der Waals surface area contributed by atoms with Crippen LogP contribution in [0.15, 0.2) is 24.8 Å². The lowest BCUT2D eigenvalue weighted by atomic mass is 10.0. The van der Waals surface area contributed by atoms with E-state index >= 15 is 0 Å². The highest BCUT2D eigenvalue weighted by molar-refractivity contribution is 5.55. The molecule has 1 aromatic carbocycles. The zero-order valence-electron chi connectivity index (χ0n) is 12.1. The molecular formula is C16H28. The number of aryl methyl sites for hydroxylation is 2. The van der Waals surface area contributed by atoms with Gasteiger partial charge in [-0.3, -0.25) is 0 Å². The van der Waals surface area contributed by atoms with Crippen molar-refractivity contribution in [3.63, 3.8) is 0 Å². The summed E-state index contributed by atoms with van der Waals surface area (Å²) in [5, 5.41) is 0. The zero-order valence-corrected chi connectivity index (χ0v) is 12.1. The third-order valence-corrected chi connectivity index (χ3v) is 1.75. The summed E-state index contributed by atoms with van der Waals surface area (Å²) >= 11 is 0. The van der Waals surface area contributed by atoms with Crippen LogP contribution >= 0.6 is 0 Å². The van der Waals surface area contributed by atoms with E-state index in [1.165, 1.54) is 16.7 Å². The van der Waals surface area contributed by atoms with E-state index in [1.807, 2.05) is 19.9 Å². The average molecular weight is 220 g/mol. The summed E-state index contributed by atoms with van der Waals surface area (Å²) in [4.78, 5) is 0. The average Bonchev–Trinajstić information content (AvgIpc) is 2.20. The van der Waals surface area contributed by atoms with Crippen LogP contribution in [0.25, 0.3) is 6.08 Å². The highest BCUT2D eigenvalue weighted by Crippen LogP contribution is 2.13. The van der Waals surface area contributed by atoms with Crippen LogP contribution in [0.5, 0.6) is 0 Å². The third kappa shape index (κ3) is 8.28. The van der Waals surface area contributed by atoms with Gasteiger partial charge in [0.1, 0.15) is 0 Å². The lowest BCUT2D eigenvalue weighted by Gasteiger charge is -2.02. The van der Waals surface area contributed by atoms with E-state index in [0.29, 0.717) is 0 Å². The molecule has 0 heteroatoms. The Kier molecular flexibility index (Phi) is 11.4. The summed E-state index contributed by atoms with van der Waals surface area (Å²) < 4.78 is 0. The topological polar surface area (TPSA) is 0 Å². The molecule has 0 aliphatic rings. The predicted octanol–water partition coefficient (Wildman–Crippen LogP) is 5.63. The molecule has 0 bridgehead atoms. The van der Waals surface area contributed by atoms with Crippen molar-refractivity contribution < 1.29 is 0 Å². The molecule has 0 aliphatic carbocycles. The Bertz CT molecular complexity index is 259. The van der Waals surface area contributed by atoms with E-state index in [1.54, 1.807) is 0 Å². The third-order valence-electron chi connectivity index (χ3n) is 1.75. The minimum atomic E-state index is 0.833. The van der Waals surface area contributed by atoms with Crippen LogP contribution in [0.1, 0.15) is 51.3 Å². The Balaban J connectivity index is 0. The smallest absolute Gasteiger partial charge is 0.0204 e. The Morgan fingerprint density at radius 3 is 1.50 bits per heavy atom. The van der Waals surface area contributed by atoms with Crippen LogP contribution < -0.4 is 0 Å². The maximum Gasteiger partial charge on any atom is -0.0204 e. The molecule has 0 atom stereocenters. The van der Waals surface area contributed by atoms with Crippen molar-refractivity contribution in [1.82, 2.24) is 0 Å². The van der Waals surface area contributed by atoms with Gasteiger partial charge in [-0.15, -0.1) is 0 Å². The predicted molar refractivity (Wildman–Crippen MR) is 77.9 cm³/mol. The highest BCUT2D eigenvalue weighted by Gasteiger charge is 1.94. The first-order valence-corrected chi connectivity index (χ1v) is 6.17. The molecule has 0 heterocycles. The van der Waals surface area contributed by atoms with Crippen LogP contribution in [0.4, 0.5) is 0 Å². The van der Waals surface area contributed by atoms with Crippen molar-refractivity contribution >= 4 is 6.08 Å². The summed E-state index contributed by atoms with van der Waals surface area (Å²) in [6.07, 6.45) is 1.91. The lowest BCUT2D eigenvalue weighted by Crippen LogP contribution is -1.83. The lowest BCUT2D eigenvalue weighted by molar-refractivity contribution is 0.737. The fourth-order valence-corrected chi connectivity index (χ4v) is 1.15. The summed E-state index contributed by atoms with van der Waals surface area (Å²) in [6.45, 7) is 18.5. The molecule has 0 spiro atoms. The number of hydrogen-bond acceptors (Lipinski definition) is 0. The van der Waals surface area contributed by atoms with Crippen LogP contribution in [0, 0.1) is 19.8 Å². The zero-order chi connectivity index (χ0) is 13.1. The van der Waals surface area contributed by atoms with Gasteiger partial charge in [0.05, 0.1) is 0 Å². The molecule has 0 amide bonds. The van der Waals surface area contributed by atoms with Gasteiger partial charge in [-0.25, -0.2) is 0 Å². The van der Waals surface area contributed by atoms with E-state index in [0.717, 1.165) is 5.92 Å². The van der Waals surface area contributed by atoms with Crippen molar-refractivity contribution in [2.24, 2.45) is 5.92 Å². The SMILES string of the molecule is C=Cc1c(C)cccc1C.CC.CC(C)C. The molecule has 16 heavy (non-hydrogen) atoms. The molecule has 1 aromatic rings. The van der Waals surface area contributed by atoms with Crippen LogP contribution in [0.3, 0.4) is 0 Å². The summed E-state index contributed by atoms with van der Waals surface area (Å²) in [5.41, 5.74) is 3.87. The van der Waals surface area contributed by atoms with Gasteiger partial charge < -0.3 is 0 Å². The second-order valence-corrected chi connectivity index (χ2v) is 4.24. The van der Waals surface area contributed by atoms with Crippen molar-refractivity contribution in [2.75, 3.05) is 0 Å². The highest BCUT2D eigenvalue weighted by atomic mass is 14.0. The molecular weight excluding hydrogens is 192 g/mol. The van der Waals surface area contributed by atoms with E-state index in [2.05, 4.69) is 59.4 Å². The van der Waals surface area contributed by atoms with Gasteiger partial charge in [-0.05, 0) is 36.5 Å². The molecule has 92 valence electrons. The van der Waals surface area contributed by atoms with Crippen molar-refractivity contribution in [3.8, 4) is 0 Å². The van der Waals surface area contributed by atoms with Crippen molar-refractivity contribution in [3.05, 3.63) is 41.5 Å². The van der Waals surface area contributed by atoms with Gasteiger partial charge in [-0.2, -0.15) is 0 Å². The second-order valence-electron chi connectivity index (χ2n) is 4.24. The molecule has 0 radical (unpaired) electrons. The van der Waals surface area contributed by atoms with E-state index in [4.69, 9.17) is 0 Å². The van der Waals surface area contributed by atoms with Gasteiger partial charge in [0.15, 0.2) is 0 Å². The van der Waals surface area contributed by atoms with E-state index in [-0.39, 0.29) is 0 Å². The Labute approximate surface area is 102 Å². The fraction of sp³-hybridized carbons (Fsp3) is 0.500. The fourth-order valence-electron chi connectivity index (χ4n) is 1.15. The van der Waals surface area contributed by atoms with Gasteiger partial charge in [0.25, 0.3) is 0 Å². The maximum atomic E-state index is 3.75. The number of rotatable bonds is 1. The second kappa shape index (κ2) is 10.5. The molecule has 0 aromatic heterocycles. The molecule has 1 rings (SSSR count). The summed E-state index contributed by atoms with van der Waals surface area (Å²) in [5.74, 6) is 0.833. The molecule has 0 unspecified atom stereocenters. The number of hydrogen-bond donors (Lipinski definition) is 0. The van der Waals surface area contributed by atoms with Crippen molar-refractivity contribution in [2.45, 2.75) is 48.5 Å². The normalized spacial score (nSPS) is 8.50. The molecule has 0 nitrogen and oxygen atoms in total. The Morgan fingerprint density at radius 2 is 1.31 bits per heavy atom. The molecule has 0 N–H and O–H groups in total. The Hall–Kier alpha value is -1.04. The largest absolute Gasteiger partial charge is 0.0985 e. The molecule has 0 fully saturated rings. The summed E-state index contributed by atoms with van der Waals surface area (Å²) in [6, 6.07) is 6.27. The van der Waals surface area contributed by atoms with E-state index < -0.39 is 0 Å². The minimum absolute atomic E-state index is 0.833. The van der Waals surface area contributed by atoms with Gasteiger partial charge in [0.2, 0.25) is 0 Å². The standard InChI is InChI=1S/C10H12.C4H10.C2H6/c1-4-10-8(2)6-5-7-9(10)3;1-4(2)3;1-2/h4-7H,1H2,2-3H3;4H,1-3H3;1-2H3. The first-order chi connectivity index (χ1) is 7.49. The first-order valence-electron chi connectivity index (χ1n) is 6.17. The Morgan fingerprint density at radius 1 is 1.00 bits per heavy atom.